The zero-order valence-corrected chi connectivity index (χ0v) is 16.9. The van der Waals surface area contributed by atoms with Gasteiger partial charge in [-0.15, -0.1) is 0 Å². The third-order valence-corrected chi connectivity index (χ3v) is 4.38. The molecule has 1 heterocycles. The molecule has 0 radical (unpaired) electrons. The fraction of sp³-hybridized carbons (Fsp3) is 0.261. The minimum atomic E-state index is -0.0586. The molecule has 0 aliphatic heterocycles. The largest absolute Gasteiger partial charge is 0.497 e. The first-order valence-electron chi connectivity index (χ1n) is 9.57. The Hall–Kier alpha value is -3.41. The van der Waals surface area contributed by atoms with Crippen molar-refractivity contribution in [2.45, 2.75) is 20.3 Å². The van der Waals surface area contributed by atoms with Crippen molar-refractivity contribution in [1.29, 1.82) is 0 Å². The van der Waals surface area contributed by atoms with Crippen LogP contribution in [-0.2, 0) is 0 Å². The lowest BCUT2D eigenvalue weighted by molar-refractivity contribution is 0.0952. The second kappa shape index (κ2) is 9.68. The predicted octanol–water partition coefficient (Wildman–Crippen LogP) is 4.72. The van der Waals surface area contributed by atoms with Crippen LogP contribution in [0.3, 0.4) is 0 Å². The summed E-state index contributed by atoms with van der Waals surface area (Å²) in [5.41, 5.74) is 2.41. The highest BCUT2D eigenvalue weighted by Crippen LogP contribution is 2.23. The van der Waals surface area contributed by atoms with Crippen molar-refractivity contribution >= 4 is 5.91 Å². The van der Waals surface area contributed by atoms with Gasteiger partial charge in [0, 0.05) is 30.1 Å². The van der Waals surface area contributed by atoms with Crippen LogP contribution in [0, 0.1) is 5.92 Å². The molecule has 6 heteroatoms. The van der Waals surface area contributed by atoms with Crippen LogP contribution in [0.2, 0.25) is 0 Å². The first kappa shape index (κ1) is 20.3. The van der Waals surface area contributed by atoms with Crippen molar-refractivity contribution in [3.63, 3.8) is 0 Å². The van der Waals surface area contributed by atoms with Gasteiger partial charge >= 0.3 is 6.01 Å². The van der Waals surface area contributed by atoms with Gasteiger partial charge in [-0.2, -0.15) is 0 Å². The number of carbonyl (C=O) groups excluding carboxylic acids is 1. The number of aromatic nitrogens is 2. The summed E-state index contributed by atoms with van der Waals surface area (Å²) in [6.45, 7) is 4.95. The summed E-state index contributed by atoms with van der Waals surface area (Å²) < 4.78 is 10.8. The highest BCUT2D eigenvalue weighted by atomic mass is 16.5. The molecule has 0 bridgehead atoms. The van der Waals surface area contributed by atoms with Gasteiger partial charge in [0.15, 0.2) is 0 Å². The summed E-state index contributed by atoms with van der Waals surface area (Å²) in [6, 6.07) is 14.9. The van der Waals surface area contributed by atoms with Gasteiger partial charge in [0.2, 0.25) is 0 Å². The van der Waals surface area contributed by atoms with Gasteiger partial charge in [0.1, 0.15) is 11.5 Å². The molecule has 1 N–H and O–H groups in total. The van der Waals surface area contributed by atoms with Crippen LogP contribution < -0.4 is 14.8 Å². The molecule has 2 aromatic carbocycles. The summed E-state index contributed by atoms with van der Waals surface area (Å²) in [6.07, 6.45) is 4.36. The van der Waals surface area contributed by atoms with E-state index < -0.39 is 0 Å². The summed E-state index contributed by atoms with van der Waals surface area (Å²) in [7, 11) is 1.61. The Morgan fingerprint density at radius 1 is 0.931 bits per heavy atom. The van der Waals surface area contributed by atoms with E-state index in [0.29, 0.717) is 23.8 Å². The molecule has 3 rings (SSSR count). The van der Waals surface area contributed by atoms with Crippen LogP contribution in [0.25, 0.3) is 11.1 Å². The number of ether oxygens (including phenoxy) is 2. The Balaban J connectivity index is 1.61. The molecular weight excluding hydrogens is 366 g/mol. The topological polar surface area (TPSA) is 73.3 Å². The quantitative estimate of drug-likeness (QED) is 0.601. The van der Waals surface area contributed by atoms with E-state index in [1.54, 1.807) is 31.6 Å². The fourth-order valence-electron chi connectivity index (χ4n) is 2.66. The summed E-state index contributed by atoms with van der Waals surface area (Å²) >= 11 is 0. The zero-order valence-electron chi connectivity index (χ0n) is 16.9. The number of benzene rings is 2. The molecule has 3 aromatic rings. The monoisotopic (exact) mass is 391 g/mol. The van der Waals surface area contributed by atoms with E-state index in [1.165, 1.54) is 0 Å². The Labute approximate surface area is 170 Å². The van der Waals surface area contributed by atoms with Crippen molar-refractivity contribution in [2.75, 3.05) is 13.7 Å². The lowest BCUT2D eigenvalue weighted by atomic mass is 10.1. The molecule has 0 unspecified atom stereocenters. The average Bonchev–Trinajstić information content (AvgIpc) is 2.74. The Morgan fingerprint density at radius 3 is 2.14 bits per heavy atom. The third-order valence-electron chi connectivity index (χ3n) is 4.38. The van der Waals surface area contributed by atoms with Crippen molar-refractivity contribution in [3.8, 4) is 28.6 Å². The molecule has 1 amide bonds. The second-order valence-corrected chi connectivity index (χ2v) is 7.05. The number of nitrogens with zero attached hydrogens (tertiary/aromatic N) is 2. The zero-order chi connectivity index (χ0) is 20.6. The molecule has 0 aliphatic carbocycles. The molecule has 0 atom stereocenters. The maximum Gasteiger partial charge on any atom is 0.321 e. The molecule has 6 nitrogen and oxygen atoms in total. The molecule has 0 aliphatic rings. The molecule has 0 saturated heterocycles. The highest BCUT2D eigenvalue weighted by molar-refractivity contribution is 5.94. The maximum absolute atomic E-state index is 12.2. The van der Waals surface area contributed by atoms with Crippen molar-refractivity contribution in [2.24, 2.45) is 5.92 Å². The first-order chi connectivity index (χ1) is 14.0. The lowest BCUT2D eigenvalue weighted by Gasteiger charge is -2.08. The maximum atomic E-state index is 12.2. The third kappa shape index (κ3) is 5.78. The number of rotatable bonds is 8. The Bertz CT molecular complexity index is 921. The van der Waals surface area contributed by atoms with E-state index >= 15 is 0 Å². The van der Waals surface area contributed by atoms with E-state index in [0.717, 1.165) is 23.3 Å². The van der Waals surface area contributed by atoms with Gasteiger partial charge in [0.05, 0.1) is 7.11 Å². The van der Waals surface area contributed by atoms with Crippen LogP contribution in [0.5, 0.6) is 17.5 Å². The lowest BCUT2D eigenvalue weighted by Crippen LogP contribution is -2.25. The van der Waals surface area contributed by atoms with E-state index in [2.05, 4.69) is 29.1 Å². The minimum Gasteiger partial charge on any atom is -0.497 e. The molecule has 1 aromatic heterocycles. The molecule has 29 heavy (non-hydrogen) atoms. The standard InChI is InChI=1S/C23H25N3O3/c1-16(2)12-13-24-22(27)18-6-4-17(5-7-18)19-14-25-23(26-15-19)29-21-10-8-20(28-3)9-11-21/h4-11,14-16H,12-13H2,1-3H3,(H,24,27). The van der Waals surface area contributed by atoms with E-state index in [1.807, 2.05) is 36.4 Å². The number of hydrogen-bond donors (Lipinski definition) is 1. The average molecular weight is 391 g/mol. The number of nitrogens with one attached hydrogen (secondary N) is 1. The van der Waals surface area contributed by atoms with Crippen molar-refractivity contribution in [1.82, 2.24) is 15.3 Å². The van der Waals surface area contributed by atoms with Crippen molar-refractivity contribution < 1.29 is 14.3 Å². The van der Waals surface area contributed by atoms with Crippen LogP contribution >= 0.6 is 0 Å². The number of methoxy groups -OCH3 is 1. The first-order valence-corrected chi connectivity index (χ1v) is 9.57. The highest BCUT2D eigenvalue weighted by Gasteiger charge is 2.07. The van der Waals surface area contributed by atoms with E-state index in [-0.39, 0.29) is 11.9 Å². The van der Waals surface area contributed by atoms with Gasteiger partial charge in [-0.3, -0.25) is 4.79 Å². The molecule has 0 spiro atoms. The van der Waals surface area contributed by atoms with Gasteiger partial charge in [-0.05, 0) is 54.3 Å². The summed E-state index contributed by atoms with van der Waals surface area (Å²) in [5, 5.41) is 2.94. The molecule has 150 valence electrons. The molecule has 0 fully saturated rings. The van der Waals surface area contributed by atoms with Crippen LogP contribution in [0.15, 0.2) is 60.9 Å². The number of carbonyl (C=O) groups is 1. The molecular formula is C23H25N3O3. The normalized spacial score (nSPS) is 10.6. The van der Waals surface area contributed by atoms with Crippen LogP contribution in [0.4, 0.5) is 0 Å². The molecule has 0 saturated carbocycles. The van der Waals surface area contributed by atoms with Gasteiger partial charge in [-0.1, -0.05) is 26.0 Å². The summed E-state index contributed by atoms with van der Waals surface area (Å²) in [4.78, 5) is 20.7. The van der Waals surface area contributed by atoms with Crippen molar-refractivity contribution in [3.05, 3.63) is 66.5 Å². The van der Waals surface area contributed by atoms with Gasteiger partial charge < -0.3 is 14.8 Å². The smallest absolute Gasteiger partial charge is 0.321 e. The van der Waals surface area contributed by atoms with Gasteiger partial charge in [0.25, 0.3) is 5.91 Å². The van der Waals surface area contributed by atoms with Gasteiger partial charge in [-0.25, -0.2) is 9.97 Å². The van der Waals surface area contributed by atoms with E-state index in [9.17, 15) is 4.79 Å². The SMILES string of the molecule is COc1ccc(Oc2ncc(-c3ccc(C(=O)NCCC(C)C)cc3)cn2)cc1. The summed E-state index contributed by atoms with van der Waals surface area (Å²) in [5.74, 6) is 1.89. The van der Waals surface area contributed by atoms with Crippen LogP contribution in [0.1, 0.15) is 30.6 Å². The number of amides is 1. The minimum absolute atomic E-state index is 0.0586. The van der Waals surface area contributed by atoms with Crippen LogP contribution in [-0.4, -0.2) is 29.5 Å². The second-order valence-electron chi connectivity index (χ2n) is 7.05. The number of hydrogen-bond acceptors (Lipinski definition) is 5. The fourth-order valence-corrected chi connectivity index (χ4v) is 2.66. The Kier molecular flexibility index (Phi) is 6.79. The van der Waals surface area contributed by atoms with E-state index in [4.69, 9.17) is 9.47 Å². The predicted molar refractivity (Wildman–Crippen MR) is 112 cm³/mol. The Morgan fingerprint density at radius 2 is 1.55 bits per heavy atom.